The third-order valence-corrected chi connectivity index (χ3v) is 3.62. The molecular weight excluding hydrogens is 322 g/mol. The standard InChI is InChI=1S/C11H12BrNO4S/c1-6-4-9(13-11(14)8(3)12)10(5-7(6)2)18(15,16)17/h4-5H,3H2,1-2H3,(H,13,14)(H,15,16,17). The summed E-state index contributed by atoms with van der Waals surface area (Å²) in [5, 5.41) is 2.36. The van der Waals surface area contributed by atoms with Crippen molar-refractivity contribution in [1.82, 2.24) is 0 Å². The van der Waals surface area contributed by atoms with Crippen molar-refractivity contribution in [3.63, 3.8) is 0 Å². The molecule has 1 aromatic carbocycles. The van der Waals surface area contributed by atoms with Gasteiger partial charge in [0.05, 0.1) is 10.2 Å². The van der Waals surface area contributed by atoms with E-state index >= 15 is 0 Å². The Labute approximate surface area is 114 Å². The maximum Gasteiger partial charge on any atom is 0.296 e. The van der Waals surface area contributed by atoms with Gasteiger partial charge in [0, 0.05) is 0 Å². The van der Waals surface area contributed by atoms with Crippen molar-refractivity contribution in [1.29, 1.82) is 0 Å². The number of amides is 1. The monoisotopic (exact) mass is 333 g/mol. The number of anilines is 1. The van der Waals surface area contributed by atoms with Crippen molar-refractivity contribution in [3.05, 3.63) is 34.3 Å². The van der Waals surface area contributed by atoms with Crippen molar-refractivity contribution >= 4 is 37.6 Å². The zero-order valence-electron chi connectivity index (χ0n) is 9.82. The normalized spacial score (nSPS) is 11.1. The van der Waals surface area contributed by atoms with E-state index in [-0.39, 0.29) is 15.1 Å². The fourth-order valence-corrected chi connectivity index (χ4v) is 2.10. The van der Waals surface area contributed by atoms with Crippen LogP contribution in [0.25, 0.3) is 0 Å². The minimum absolute atomic E-state index is 0.0196. The number of carbonyl (C=O) groups is 1. The molecule has 0 aromatic heterocycles. The Kier molecular flexibility index (Phi) is 4.31. The van der Waals surface area contributed by atoms with Gasteiger partial charge in [-0.25, -0.2) is 0 Å². The average Bonchev–Trinajstić information content (AvgIpc) is 2.21. The summed E-state index contributed by atoms with van der Waals surface area (Å²) in [6.45, 7) is 6.85. The topological polar surface area (TPSA) is 83.5 Å². The summed E-state index contributed by atoms with van der Waals surface area (Å²) in [7, 11) is -4.40. The highest BCUT2D eigenvalue weighted by Crippen LogP contribution is 2.25. The van der Waals surface area contributed by atoms with Gasteiger partial charge in [0.2, 0.25) is 0 Å². The molecule has 5 nitrogen and oxygen atoms in total. The number of benzene rings is 1. The summed E-state index contributed by atoms with van der Waals surface area (Å²) >= 11 is 2.89. The number of nitrogens with one attached hydrogen (secondary N) is 1. The molecule has 1 rings (SSSR count). The molecule has 1 aromatic rings. The summed E-state index contributed by atoms with van der Waals surface area (Å²) in [5.74, 6) is -0.580. The van der Waals surface area contributed by atoms with E-state index in [4.69, 9.17) is 4.55 Å². The van der Waals surface area contributed by atoms with Crippen LogP contribution in [0.3, 0.4) is 0 Å². The predicted octanol–water partition coefficient (Wildman–Crippen LogP) is 2.40. The smallest absolute Gasteiger partial charge is 0.296 e. The number of rotatable bonds is 3. The minimum atomic E-state index is -4.40. The van der Waals surface area contributed by atoms with Crippen molar-refractivity contribution in [3.8, 4) is 0 Å². The molecule has 0 bridgehead atoms. The molecule has 0 radical (unpaired) electrons. The summed E-state index contributed by atoms with van der Waals surface area (Å²) in [4.78, 5) is 11.1. The van der Waals surface area contributed by atoms with Crippen LogP contribution in [-0.2, 0) is 14.9 Å². The number of halogens is 1. The Balaban J connectivity index is 3.38. The van der Waals surface area contributed by atoms with Crippen LogP contribution in [0.1, 0.15) is 11.1 Å². The SMILES string of the molecule is C=C(Br)C(=O)Nc1cc(C)c(C)cc1S(=O)(=O)O. The molecule has 0 aliphatic heterocycles. The Morgan fingerprint density at radius 1 is 1.33 bits per heavy atom. The Morgan fingerprint density at radius 2 is 1.83 bits per heavy atom. The number of hydrogen-bond acceptors (Lipinski definition) is 3. The van der Waals surface area contributed by atoms with Gasteiger partial charge in [-0.1, -0.05) is 6.58 Å². The third kappa shape index (κ3) is 3.41. The molecule has 7 heteroatoms. The van der Waals surface area contributed by atoms with Gasteiger partial charge < -0.3 is 5.32 Å². The second-order valence-corrected chi connectivity index (χ2v) is 6.11. The summed E-state index contributed by atoms with van der Waals surface area (Å²) in [5.41, 5.74) is 1.50. The van der Waals surface area contributed by atoms with Crippen LogP contribution in [0.5, 0.6) is 0 Å². The van der Waals surface area contributed by atoms with Gasteiger partial charge in [-0.2, -0.15) is 8.42 Å². The highest BCUT2D eigenvalue weighted by Gasteiger charge is 2.18. The lowest BCUT2D eigenvalue weighted by Crippen LogP contribution is -2.14. The maximum atomic E-state index is 11.5. The lowest BCUT2D eigenvalue weighted by atomic mass is 10.1. The van der Waals surface area contributed by atoms with Crippen LogP contribution in [0.4, 0.5) is 5.69 Å². The van der Waals surface area contributed by atoms with Gasteiger partial charge in [0.25, 0.3) is 16.0 Å². The molecule has 1 amide bonds. The van der Waals surface area contributed by atoms with Crippen LogP contribution >= 0.6 is 15.9 Å². The molecule has 0 atom stereocenters. The summed E-state index contributed by atoms with van der Waals surface area (Å²) < 4.78 is 31.7. The van der Waals surface area contributed by atoms with Crippen molar-refractivity contribution in [2.45, 2.75) is 18.7 Å². The maximum absolute atomic E-state index is 11.5. The Bertz CT molecular complexity index is 622. The van der Waals surface area contributed by atoms with E-state index in [1.165, 1.54) is 12.1 Å². The zero-order chi connectivity index (χ0) is 14.1. The number of hydrogen-bond donors (Lipinski definition) is 2. The van der Waals surface area contributed by atoms with E-state index in [0.717, 1.165) is 5.56 Å². The van der Waals surface area contributed by atoms with E-state index in [2.05, 4.69) is 27.8 Å². The molecule has 0 fully saturated rings. The molecule has 0 saturated carbocycles. The summed E-state index contributed by atoms with van der Waals surface area (Å²) in [6.07, 6.45) is 0. The van der Waals surface area contributed by atoms with E-state index < -0.39 is 16.0 Å². The van der Waals surface area contributed by atoms with Gasteiger partial charge in [0.1, 0.15) is 4.90 Å². The first kappa shape index (κ1) is 14.9. The lowest BCUT2D eigenvalue weighted by molar-refractivity contribution is -0.112. The largest absolute Gasteiger partial charge is 0.320 e. The molecule has 98 valence electrons. The molecule has 2 N–H and O–H groups in total. The van der Waals surface area contributed by atoms with Crippen molar-refractivity contribution in [2.75, 3.05) is 5.32 Å². The van der Waals surface area contributed by atoms with Crippen molar-refractivity contribution < 1.29 is 17.8 Å². The molecule has 0 saturated heterocycles. The van der Waals surface area contributed by atoms with E-state index in [0.29, 0.717) is 5.56 Å². The van der Waals surface area contributed by atoms with E-state index in [1.54, 1.807) is 13.8 Å². The lowest BCUT2D eigenvalue weighted by Gasteiger charge is -2.11. The first-order valence-corrected chi connectivity index (χ1v) is 7.10. The zero-order valence-corrected chi connectivity index (χ0v) is 12.2. The number of carbonyl (C=O) groups excluding carboxylic acids is 1. The first-order chi connectivity index (χ1) is 8.12. The Morgan fingerprint density at radius 3 is 2.28 bits per heavy atom. The minimum Gasteiger partial charge on any atom is -0.320 e. The van der Waals surface area contributed by atoms with E-state index in [1.807, 2.05) is 0 Å². The van der Waals surface area contributed by atoms with Gasteiger partial charge in [-0.3, -0.25) is 9.35 Å². The molecule has 18 heavy (non-hydrogen) atoms. The molecule has 0 aliphatic carbocycles. The van der Waals surface area contributed by atoms with Gasteiger partial charge in [-0.15, -0.1) is 0 Å². The Hall–Kier alpha value is -1.18. The van der Waals surface area contributed by atoms with E-state index in [9.17, 15) is 13.2 Å². The van der Waals surface area contributed by atoms with Crippen LogP contribution in [0, 0.1) is 13.8 Å². The van der Waals surface area contributed by atoms with Crippen LogP contribution in [0.15, 0.2) is 28.1 Å². The summed E-state index contributed by atoms with van der Waals surface area (Å²) in [6, 6.07) is 2.78. The third-order valence-electron chi connectivity index (χ3n) is 2.37. The molecular formula is C11H12BrNO4S. The van der Waals surface area contributed by atoms with Gasteiger partial charge in [0.15, 0.2) is 0 Å². The predicted molar refractivity (Wildman–Crippen MR) is 72.4 cm³/mol. The van der Waals surface area contributed by atoms with Gasteiger partial charge in [-0.05, 0) is 53.0 Å². The highest BCUT2D eigenvalue weighted by atomic mass is 79.9. The van der Waals surface area contributed by atoms with Crippen molar-refractivity contribution in [2.24, 2.45) is 0 Å². The van der Waals surface area contributed by atoms with Gasteiger partial charge >= 0.3 is 0 Å². The quantitative estimate of drug-likeness (QED) is 0.657. The molecule has 0 aliphatic rings. The second kappa shape index (κ2) is 5.21. The van der Waals surface area contributed by atoms with Crippen LogP contribution < -0.4 is 5.32 Å². The van der Waals surface area contributed by atoms with Crippen LogP contribution in [0.2, 0.25) is 0 Å². The molecule has 0 unspecified atom stereocenters. The first-order valence-electron chi connectivity index (χ1n) is 4.87. The molecule has 0 heterocycles. The fraction of sp³-hybridized carbons (Fsp3) is 0.182. The molecule has 0 spiro atoms. The average molecular weight is 334 g/mol. The highest BCUT2D eigenvalue weighted by molar-refractivity contribution is 9.12. The fourth-order valence-electron chi connectivity index (χ4n) is 1.29. The second-order valence-electron chi connectivity index (χ2n) is 3.77. The number of aryl methyl sites for hydroxylation is 2. The van der Waals surface area contributed by atoms with Crippen LogP contribution in [-0.4, -0.2) is 18.9 Å².